The third-order valence-electron chi connectivity index (χ3n) is 4.72. The van der Waals surface area contributed by atoms with E-state index in [2.05, 4.69) is 15.7 Å². The van der Waals surface area contributed by atoms with Crippen LogP contribution in [0.15, 0.2) is 36.7 Å². The van der Waals surface area contributed by atoms with Gasteiger partial charge in [-0.1, -0.05) is 24.3 Å². The Hall–Kier alpha value is -1.89. The number of aliphatic hydroxyl groups is 1. The highest BCUT2D eigenvalue weighted by molar-refractivity contribution is 5.85. The van der Waals surface area contributed by atoms with Crippen LogP contribution < -0.4 is 10.6 Å². The van der Waals surface area contributed by atoms with Gasteiger partial charge in [-0.25, -0.2) is 0 Å². The molecule has 25 heavy (non-hydrogen) atoms. The zero-order valence-corrected chi connectivity index (χ0v) is 15.3. The predicted molar refractivity (Wildman–Crippen MR) is 98.7 cm³/mol. The van der Waals surface area contributed by atoms with E-state index >= 15 is 0 Å². The summed E-state index contributed by atoms with van der Waals surface area (Å²) in [4.78, 5) is 12.6. The van der Waals surface area contributed by atoms with E-state index in [0.717, 1.165) is 23.2 Å². The molecule has 7 heteroatoms. The number of hydrogen-bond donors (Lipinski definition) is 3. The second-order valence-electron chi connectivity index (χ2n) is 6.44. The van der Waals surface area contributed by atoms with Crippen LogP contribution in [0.4, 0.5) is 0 Å². The molecule has 2 aromatic rings. The van der Waals surface area contributed by atoms with Gasteiger partial charge in [-0.15, -0.1) is 12.4 Å². The lowest BCUT2D eigenvalue weighted by Gasteiger charge is -2.19. The minimum atomic E-state index is -0.693. The molecule has 136 valence electrons. The molecule has 0 spiro atoms. The molecule has 1 fully saturated rings. The Balaban J connectivity index is 0.00000225. The molecular formula is C18H25ClN4O2. The zero-order chi connectivity index (χ0) is 17.1. The monoisotopic (exact) mass is 364 g/mol. The molecule has 3 atom stereocenters. The quantitative estimate of drug-likeness (QED) is 0.747. The van der Waals surface area contributed by atoms with Crippen molar-refractivity contribution in [3.05, 3.63) is 53.3 Å². The first kappa shape index (κ1) is 19.4. The Kier molecular flexibility index (Phi) is 6.58. The van der Waals surface area contributed by atoms with Crippen LogP contribution in [0, 0.1) is 12.8 Å². The Bertz CT molecular complexity index is 719. The molecule has 1 aromatic carbocycles. The molecule has 3 rings (SSSR count). The van der Waals surface area contributed by atoms with Crippen LogP contribution in [-0.2, 0) is 11.8 Å². The summed E-state index contributed by atoms with van der Waals surface area (Å²) in [5, 5.41) is 20.7. The molecule has 0 radical (unpaired) electrons. The number of halogens is 1. The highest BCUT2D eigenvalue weighted by Gasteiger charge is 2.34. The molecule has 0 saturated carbocycles. The number of nitrogens with one attached hydrogen (secondary N) is 2. The van der Waals surface area contributed by atoms with Gasteiger partial charge in [0.05, 0.1) is 18.2 Å². The highest BCUT2D eigenvalue weighted by Crippen LogP contribution is 2.28. The van der Waals surface area contributed by atoms with E-state index in [1.54, 1.807) is 4.68 Å². The summed E-state index contributed by atoms with van der Waals surface area (Å²) in [5.74, 6) is -0.0472. The molecular weight excluding hydrogens is 340 g/mol. The molecule has 3 N–H and O–H groups in total. The summed E-state index contributed by atoms with van der Waals surface area (Å²) >= 11 is 0. The predicted octanol–water partition coefficient (Wildman–Crippen LogP) is 1.30. The van der Waals surface area contributed by atoms with E-state index in [1.165, 1.54) is 0 Å². The van der Waals surface area contributed by atoms with Gasteiger partial charge in [0, 0.05) is 38.8 Å². The molecule has 1 aliphatic heterocycles. The molecule has 1 amide bonds. The van der Waals surface area contributed by atoms with Crippen LogP contribution >= 0.6 is 12.4 Å². The fraction of sp³-hybridized carbons (Fsp3) is 0.444. The number of aryl methyl sites for hydroxylation is 2. The summed E-state index contributed by atoms with van der Waals surface area (Å²) in [7, 11) is 1.87. The van der Waals surface area contributed by atoms with Crippen LogP contribution in [-0.4, -0.2) is 40.4 Å². The van der Waals surface area contributed by atoms with Crippen LogP contribution in [0.1, 0.15) is 28.7 Å². The Morgan fingerprint density at radius 3 is 2.88 bits per heavy atom. The van der Waals surface area contributed by atoms with Gasteiger partial charge >= 0.3 is 0 Å². The number of hydrogen-bond acceptors (Lipinski definition) is 4. The Labute approximate surface area is 154 Å². The van der Waals surface area contributed by atoms with Crippen molar-refractivity contribution in [1.82, 2.24) is 20.4 Å². The van der Waals surface area contributed by atoms with Crippen LogP contribution in [0.5, 0.6) is 0 Å². The Morgan fingerprint density at radius 1 is 1.44 bits per heavy atom. The highest BCUT2D eigenvalue weighted by atomic mass is 35.5. The van der Waals surface area contributed by atoms with Gasteiger partial charge in [0.15, 0.2) is 0 Å². The van der Waals surface area contributed by atoms with Crippen molar-refractivity contribution in [2.75, 3.05) is 19.6 Å². The van der Waals surface area contributed by atoms with Gasteiger partial charge in [0.2, 0.25) is 5.91 Å². The maximum Gasteiger partial charge on any atom is 0.225 e. The molecule has 1 unspecified atom stereocenters. The van der Waals surface area contributed by atoms with Crippen molar-refractivity contribution >= 4 is 18.3 Å². The smallest absolute Gasteiger partial charge is 0.225 e. The van der Waals surface area contributed by atoms with Crippen molar-refractivity contribution in [2.24, 2.45) is 13.0 Å². The first-order valence-electron chi connectivity index (χ1n) is 8.27. The van der Waals surface area contributed by atoms with E-state index in [0.29, 0.717) is 6.54 Å². The number of amides is 1. The van der Waals surface area contributed by atoms with Gasteiger partial charge in [0.25, 0.3) is 0 Å². The third kappa shape index (κ3) is 4.39. The van der Waals surface area contributed by atoms with Gasteiger partial charge in [-0.2, -0.15) is 5.10 Å². The summed E-state index contributed by atoms with van der Waals surface area (Å²) < 4.78 is 1.75. The summed E-state index contributed by atoms with van der Waals surface area (Å²) in [5.41, 5.74) is 2.95. The fourth-order valence-electron chi connectivity index (χ4n) is 3.34. The minimum Gasteiger partial charge on any atom is -0.387 e. The van der Waals surface area contributed by atoms with Gasteiger partial charge in [-0.05, 0) is 23.6 Å². The van der Waals surface area contributed by atoms with Crippen molar-refractivity contribution in [3.8, 4) is 0 Å². The lowest BCUT2D eigenvalue weighted by molar-refractivity contribution is -0.125. The number of carbonyl (C=O) groups excluding carboxylic acids is 1. The summed E-state index contributed by atoms with van der Waals surface area (Å²) in [6.45, 7) is 3.59. The molecule has 0 aliphatic carbocycles. The van der Waals surface area contributed by atoms with Crippen molar-refractivity contribution in [1.29, 1.82) is 0 Å². The van der Waals surface area contributed by atoms with Crippen molar-refractivity contribution in [3.63, 3.8) is 0 Å². The topological polar surface area (TPSA) is 79.2 Å². The maximum absolute atomic E-state index is 12.6. The first-order valence-corrected chi connectivity index (χ1v) is 8.27. The first-order chi connectivity index (χ1) is 11.6. The lowest BCUT2D eigenvalue weighted by atomic mass is 9.90. The second-order valence-corrected chi connectivity index (χ2v) is 6.44. The number of carbonyl (C=O) groups is 1. The molecule has 0 bridgehead atoms. The largest absolute Gasteiger partial charge is 0.387 e. The molecule has 1 aliphatic rings. The van der Waals surface area contributed by atoms with Crippen LogP contribution in [0.3, 0.4) is 0 Å². The molecule has 6 nitrogen and oxygen atoms in total. The number of rotatable bonds is 5. The minimum absolute atomic E-state index is 0. The van der Waals surface area contributed by atoms with Crippen LogP contribution in [0.25, 0.3) is 0 Å². The lowest BCUT2D eigenvalue weighted by Crippen LogP contribution is -2.36. The van der Waals surface area contributed by atoms with E-state index in [1.807, 2.05) is 50.6 Å². The van der Waals surface area contributed by atoms with Crippen molar-refractivity contribution in [2.45, 2.75) is 18.9 Å². The average molecular weight is 365 g/mol. The second kappa shape index (κ2) is 8.47. The third-order valence-corrected chi connectivity index (χ3v) is 4.72. The summed E-state index contributed by atoms with van der Waals surface area (Å²) in [6.07, 6.45) is 3.08. The maximum atomic E-state index is 12.6. The number of nitrogens with zero attached hydrogens (tertiary/aromatic N) is 2. The SMILES string of the molecule is Cc1ccccc1C(O)CNC(=O)[C@H]1CNC[C@@H]1c1cnn(C)c1.Cl. The number of aromatic nitrogens is 2. The fourth-order valence-corrected chi connectivity index (χ4v) is 3.34. The van der Waals surface area contributed by atoms with E-state index in [4.69, 9.17) is 0 Å². The van der Waals surface area contributed by atoms with Gasteiger partial charge < -0.3 is 15.7 Å². The van der Waals surface area contributed by atoms with Crippen molar-refractivity contribution < 1.29 is 9.90 Å². The molecule has 2 heterocycles. The zero-order valence-electron chi connectivity index (χ0n) is 14.5. The van der Waals surface area contributed by atoms with Gasteiger partial charge in [0.1, 0.15) is 0 Å². The number of aliphatic hydroxyl groups excluding tert-OH is 1. The average Bonchev–Trinajstić information content (AvgIpc) is 3.21. The van der Waals surface area contributed by atoms with Gasteiger partial charge in [-0.3, -0.25) is 9.48 Å². The normalized spacial score (nSPS) is 20.8. The molecule has 1 saturated heterocycles. The number of benzene rings is 1. The van der Waals surface area contributed by atoms with E-state index < -0.39 is 6.10 Å². The van der Waals surface area contributed by atoms with Crippen LogP contribution in [0.2, 0.25) is 0 Å². The van der Waals surface area contributed by atoms with E-state index in [9.17, 15) is 9.90 Å². The molecule has 1 aromatic heterocycles. The Morgan fingerprint density at radius 2 is 2.20 bits per heavy atom. The van der Waals surface area contributed by atoms with E-state index in [-0.39, 0.29) is 36.7 Å². The summed E-state index contributed by atoms with van der Waals surface area (Å²) in [6, 6.07) is 7.68. The standard InChI is InChI=1S/C18H24N4O2.ClH/c1-12-5-3-4-6-14(12)17(23)10-20-18(24)16-9-19-8-15(16)13-7-21-22(2)11-13;/h3-7,11,15-17,19,23H,8-10H2,1-2H3,(H,20,24);1H/t15-,16+,17?;/m1./s1.